The summed E-state index contributed by atoms with van der Waals surface area (Å²) in [5, 5.41) is 0. The van der Waals surface area contributed by atoms with Crippen LogP contribution in [0.25, 0.3) is 0 Å². The first kappa shape index (κ1) is 19.6. The Hall–Kier alpha value is -2.16. The largest absolute Gasteiger partial charge is 0.414 e. The molecule has 0 heterocycles. The van der Waals surface area contributed by atoms with Gasteiger partial charge in [-0.2, -0.15) is 0 Å². The summed E-state index contributed by atoms with van der Waals surface area (Å²) in [5.41, 5.74) is 7.18. The van der Waals surface area contributed by atoms with Gasteiger partial charge in [-0.3, -0.25) is 0 Å². The molecule has 0 bridgehead atoms. The third-order valence-corrected chi connectivity index (χ3v) is 6.31. The summed E-state index contributed by atoms with van der Waals surface area (Å²) in [6, 6.07) is 26.7. The van der Waals surface area contributed by atoms with Gasteiger partial charge in [0, 0.05) is 5.92 Å². The van der Waals surface area contributed by atoms with Crippen LogP contribution in [-0.4, -0.2) is 10.5 Å². The quantitative estimate of drug-likeness (QED) is 0.529. The molecule has 0 aliphatic carbocycles. The highest BCUT2D eigenvalue weighted by Crippen LogP contribution is 2.47. The van der Waals surface area contributed by atoms with Crippen molar-refractivity contribution >= 4 is 10.5 Å². The summed E-state index contributed by atoms with van der Waals surface area (Å²) in [7, 11) is 0.664. The highest BCUT2D eigenvalue weighted by molar-refractivity contribution is 5.98. The SMILES string of the molecule is CCC(c1ccc(C)cc1)C(O[SiH3])(c1ccc(C)cc1)c1ccc(C)cc1. The van der Waals surface area contributed by atoms with Crippen molar-refractivity contribution in [2.45, 2.75) is 45.6 Å². The average molecular weight is 375 g/mol. The smallest absolute Gasteiger partial charge is 0.147 e. The number of hydrogen-bond donors (Lipinski definition) is 0. The van der Waals surface area contributed by atoms with Crippen LogP contribution in [0.15, 0.2) is 72.8 Å². The van der Waals surface area contributed by atoms with Crippen molar-refractivity contribution in [2.75, 3.05) is 0 Å². The lowest BCUT2D eigenvalue weighted by molar-refractivity contribution is 0.0877. The third kappa shape index (κ3) is 3.78. The number of aryl methyl sites for hydroxylation is 3. The summed E-state index contributed by atoms with van der Waals surface area (Å²) in [6.07, 6.45) is 1.01. The lowest BCUT2D eigenvalue weighted by Gasteiger charge is -2.42. The summed E-state index contributed by atoms with van der Waals surface area (Å²) in [4.78, 5) is 0. The molecule has 0 spiro atoms. The Morgan fingerprint density at radius 2 is 1.07 bits per heavy atom. The van der Waals surface area contributed by atoms with E-state index in [0.717, 1.165) is 6.42 Å². The second-order valence-corrected chi connectivity index (χ2v) is 7.95. The molecule has 3 aromatic carbocycles. The topological polar surface area (TPSA) is 9.23 Å². The molecule has 0 fully saturated rings. The standard InChI is InChI=1S/C25H30OSi/c1-5-24(21-12-6-18(2)7-13-21)25(26-27,22-14-8-19(3)9-15-22)23-16-10-20(4)11-17-23/h6-17,24H,5H2,1-4,27H3. The van der Waals surface area contributed by atoms with Crippen molar-refractivity contribution in [1.29, 1.82) is 0 Å². The van der Waals surface area contributed by atoms with Crippen LogP contribution in [-0.2, 0) is 10.0 Å². The maximum Gasteiger partial charge on any atom is 0.147 e. The molecule has 0 N–H and O–H groups in total. The number of hydrogen-bond acceptors (Lipinski definition) is 1. The van der Waals surface area contributed by atoms with Crippen molar-refractivity contribution in [3.05, 3.63) is 106 Å². The van der Waals surface area contributed by atoms with Gasteiger partial charge in [-0.1, -0.05) is 96.4 Å². The molecule has 0 saturated heterocycles. The Bertz CT molecular complexity index is 818. The van der Waals surface area contributed by atoms with Gasteiger partial charge in [0.1, 0.15) is 16.1 Å². The van der Waals surface area contributed by atoms with Crippen LogP contribution in [0.5, 0.6) is 0 Å². The Kier molecular flexibility index (Phi) is 5.98. The van der Waals surface area contributed by atoms with Crippen LogP contribution in [0, 0.1) is 20.8 Å². The fraction of sp³-hybridized carbons (Fsp3) is 0.280. The van der Waals surface area contributed by atoms with E-state index >= 15 is 0 Å². The third-order valence-electron chi connectivity index (χ3n) is 5.66. The molecule has 3 rings (SSSR count). The van der Waals surface area contributed by atoms with Crippen molar-refractivity contribution in [1.82, 2.24) is 0 Å². The highest BCUT2D eigenvalue weighted by Gasteiger charge is 2.41. The Labute approximate surface area is 167 Å². The normalized spacial score (nSPS) is 12.9. The van der Waals surface area contributed by atoms with E-state index < -0.39 is 5.60 Å². The molecule has 0 amide bonds. The van der Waals surface area contributed by atoms with Gasteiger partial charge in [0.25, 0.3) is 0 Å². The molecule has 0 saturated carbocycles. The van der Waals surface area contributed by atoms with Crippen LogP contribution in [0.1, 0.15) is 52.6 Å². The van der Waals surface area contributed by atoms with Gasteiger partial charge in [-0.15, -0.1) is 0 Å². The molecule has 140 valence electrons. The van der Waals surface area contributed by atoms with Crippen LogP contribution in [0.4, 0.5) is 0 Å². The molecular formula is C25H30OSi. The molecule has 0 radical (unpaired) electrons. The average Bonchev–Trinajstić information content (AvgIpc) is 2.69. The summed E-state index contributed by atoms with van der Waals surface area (Å²) in [5.74, 6) is 0.251. The van der Waals surface area contributed by atoms with Gasteiger partial charge in [0.05, 0.1) is 0 Å². The van der Waals surface area contributed by atoms with Gasteiger partial charge in [0.15, 0.2) is 0 Å². The first-order valence-corrected chi connectivity index (χ1v) is 10.6. The van der Waals surface area contributed by atoms with E-state index in [1.807, 2.05) is 0 Å². The molecule has 2 heteroatoms. The minimum atomic E-state index is -0.461. The van der Waals surface area contributed by atoms with Gasteiger partial charge in [-0.05, 0) is 43.9 Å². The van der Waals surface area contributed by atoms with Crippen molar-refractivity contribution in [2.24, 2.45) is 0 Å². The van der Waals surface area contributed by atoms with E-state index in [-0.39, 0.29) is 5.92 Å². The molecular weight excluding hydrogens is 344 g/mol. The maximum absolute atomic E-state index is 6.57. The molecule has 0 aliphatic heterocycles. The lowest BCUT2D eigenvalue weighted by Crippen LogP contribution is -2.37. The van der Waals surface area contributed by atoms with E-state index in [9.17, 15) is 0 Å². The molecule has 0 aliphatic rings. The first-order chi connectivity index (χ1) is 13.0. The van der Waals surface area contributed by atoms with Crippen molar-refractivity contribution < 1.29 is 4.43 Å². The van der Waals surface area contributed by atoms with Crippen LogP contribution >= 0.6 is 0 Å². The van der Waals surface area contributed by atoms with Gasteiger partial charge in [0.2, 0.25) is 0 Å². The summed E-state index contributed by atoms with van der Waals surface area (Å²) in [6.45, 7) is 8.68. The molecule has 1 atom stereocenters. The maximum atomic E-state index is 6.57. The second-order valence-electron chi connectivity index (χ2n) is 7.54. The fourth-order valence-corrected chi connectivity index (χ4v) is 4.86. The fourth-order valence-electron chi connectivity index (χ4n) is 4.11. The molecule has 3 aromatic rings. The van der Waals surface area contributed by atoms with Crippen LogP contribution in [0.3, 0.4) is 0 Å². The van der Waals surface area contributed by atoms with Crippen molar-refractivity contribution in [3.63, 3.8) is 0 Å². The van der Waals surface area contributed by atoms with E-state index in [4.69, 9.17) is 4.43 Å². The molecule has 0 aromatic heterocycles. The highest BCUT2D eigenvalue weighted by atomic mass is 28.2. The molecule has 1 nitrogen and oxygen atoms in total. The Morgan fingerprint density at radius 1 is 0.704 bits per heavy atom. The van der Waals surface area contributed by atoms with Gasteiger partial charge < -0.3 is 4.43 Å². The first-order valence-electron chi connectivity index (χ1n) is 9.77. The monoisotopic (exact) mass is 374 g/mol. The van der Waals surface area contributed by atoms with Gasteiger partial charge in [-0.25, -0.2) is 0 Å². The predicted octanol–water partition coefficient (Wildman–Crippen LogP) is 5.35. The zero-order valence-corrected chi connectivity index (χ0v) is 19.1. The zero-order valence-electron chi connectivity index (χ0n) is 17.1. The minimum Gasteiger partial charge on any atom is -0.414 e. The zero-order chi connectivity index (χ0) is 19.4. The van der Waals surface area contributed by atoms with E-state index in [1.54, 1.807) is 0 Å². The van der Waals surface area contributed by atoms with Gasteiger partial charge >= 0.3 is 0 Å². The Morgan fingerprint density at radius 3 is 1.41 bits per heavy atom. The van der Waals surface area contributed by atoms with Crippen LogP contribution < -0.4 is 0 Å². The van der Waals surface area contributed by atoms with E-state index in [2.05, 4.69) is 100 Å². The molecule has 27 heavy (non-hydrogen) atoms. The Balaban J connectivity index is 2.25. The minimum absolute atomic E-state index is 0.251. The van der Waals surface area contributed by atoms with E-state index in [0.29, 0.717) is 10.5 Å². The molecule has 1 unspecified atom stereocenters. The number of rotatable bonds is 6. The predicted molar refractivity (Wildman–Crippen MR) is 118 cm³/mol. The van der Waals surface area contributed by atoms with Crippen molar-refractivity contribution in [3.8, 4) is 0 Å². The van der Waals surface area contributed by atoms with E-state index in [1.165, 1.54) is 33.4 Å². The second kappa shape index (κ2) is 8.24. The summed E-state index contributed by atoms with van der Waals surface area (Å²) < 4.78 is 6.57. The summed E-state index contributed by atoms with van der Waals surface area (Å²) >= 11 is 0. The lowest BCUT2D eigenvalue weighted by atomic mass is 9.71. The number of benzene rings is 3. The van der Waals surface area contributed by atoms with Crippen LogP contribution in [0.2, 0.25) is 0 Å².